The molecule has 149 heavy (non-hydrogen) atoms. The highest BCUT2D eigenvalue weighted by Crippen LogP contribution is 2.38. The predicted octanol–water partition coefficient (Wildman–Crippen LogP) is 15.8. The average molecular weight is 2170 g/mol. The minimum absolute atomic E-state index is 0. The lowest BCUT2D eigenvalue weighted by Crippen LogP contribution is -2.56. The largest absolute Gasteiger partial charge is 0.396 e. The van der Waals surface area contributed by atoms with Gasteiger partial charge < -0.3 is 83.9 Å². The van der Waals surface area contributed by atoms with Gasteiger partial charge in [-0.15, -0.1) is 11.6 Å². The van der Waals surface area contributed by atoms with Gasteiger partial charge in [-0.1, -0.05) is 286 Å². The lowest BCUT2D eigenvalue weighted by Gasteiger charge is -2.39. The number of allylic oxidation sites excluding steroid dienone is 8. The SMILES string of the molecule is C.CC(C)/C=C1/C(=O)N(C)C(CC(C)C)C(=O)N1C.CC(C)/C=C1/C(=O)N(C)C(CC(C)C)C(=O)N1C.CC(C)/C=C1/C(=O)N(C)C(CC(C)C)C(=O)N1C.CC(C)/C=C1/C(=O)N(C)C(CC(C)C)C(=O)N1C.CC(C)/C=C1\C(=O)N(C)C(CC(C)C)C(=O)N1C.CC(C)/C=C1\C(=O)N(C)C(C[C@@H](C)CO)C(=O)N1C.CC(C)/C=C1\C(=O)N(C)[C@@H](C[C@H](C)CCl)C(=O)N1C.CC(C)CC1NC(=O)/C(=C\[C@H](C)C(Cl)(Cl)Cl)N(C)C1=O. The zero-order valence-corrected chi connectivity index (χ0v) is 101. The fourth-order valence-electron chi connectivity index (χ4n) is 17.2. The monoisotopic (exact) mass is 2170 g/mol. The van der Waals surface area contributed by atoms with Crippen LogP contribution in [0.1, 0.15) is 260 Å². The Hall–Kier alpha value is -9.44. The van der Waals surface area contributed by atoms with E-state index in [1.807, 2.05) is 167 Å². The van der Waals surface area contributed by atoms with Gasteiger partial charge in [0.25, 0.3) is 47.3 Å². The summed E-state index contributed by atoms with van der Waals surface area (Å²) in [6.45, 7) is 58.0. The first kappa shape index (κ1) is 140. The molecule has 0 saturated carbocycles. The first-order chi connectivity index (χ1) is 67.9. The van der Waals surface area contributed by atoms with Crippen LogP contribution in [0.4, 0.5) is 0 Å². The van der Waals surface area contributed by atoms with Gasteiger partial charge in [0, 0.05) is 124 Å². The van der Waals surface area contributed by atoms with Crippen molar-refractivity contribution in [3.05, 3.63) is 94.2 Å². The zero-order chi connectivity index (χ0) is 115. The summed E-state index contributed by atoms with van der Waals surface area (Å²) in [6.07, 6.45) is 19.6. The summed E-state index contributed by atoms with van der Waals surface area (Å²) in [7, 11) is 25.2. The number of aliphatic hydroxyl groups excluding tert-OH is 1. The number of nitrogens with one attached hydrogen (secondary N) is 1. The van der Waals surface area contributed by atoms with Gasteiger partial charge in [-0.2, -0.15) is 0 Å². The lowest BCUT2D eigenvalue weighted by atomic mass is 9.97. The van der Waals surface area contributed by atoms with Gasteiger partial charge in [-0.05, 0) is 146 Å². The topological polar surface area (TPSA) is 354 Å². The Morgan fingerprint density at radius 2 is 0.409 bits per heavy atom. The van der Waals surface area contributed by atoms with E-state index in [1.54, 1.807) is 142 Å². The van der Waals surface area contributed by atoms with E-state index in [0.29, 0.717) is 133 Å². The van der Waals surface area contributed by atoms with Crippen molar-refractivity contribution in [1.82, 2.24) is 78.8 Å². The van der Waals surface area contributed by atoms with Gasteiger partial charge in [0.1, 0.15) is 93.9 Å². The van der Waals surface area contributed by atoms with E-state index in [-0.39, 0.29) is 198 Å². The second-order valence-electron chi connectivity index (χ2n) is 45.5. The smallest absolute Gasteiger partial charge is 0.270 e. The molecule has 0 aromatic heterocycles. The minimum Gasteiger partial charge on any atom is -0.396 e. The van der Waals surface area contributed by atoms with Gasteiger partial charge in [0.05, 0.1) is 0 Å². The van der Waals surface area contributed by atoms with Crippen molar-refractivity contribution in [3.8, 4) is 0 Å². The maximum atomic E-state index is 12.4. The molecule has 33 nitrogen and oxygen atoms in total. The van der Waals surface area contributed by atoms with Crippen LogP contribution in [0.3, 0.4) is 0 Å². The highest BCUT2D eigenvalue weighted by Gasteiger charge is 2.48. The van der Waals surface area contributed by atoms with Crippen molar-refractivity contribution >= 4 is 141 Å². The first-order valence-corrected chi connectivity index (χ1v) is 53.9. The molecule has 0 aromatic carbocycles. The molecule has 848 valence electrons. The summed E-state index contributed by atoms with van der Waals surface area (Å²) >= 11 is 23.1. The predicted molar refractivity (Wildman–Crippen MR) is 597 cm³/mol. The van der Waals surface area contributed by atoms with E-state index in [1.165, 1.54) is 50.2 Å². The van der Waals surface area contributed by atoms with Crippen molar-refractivity contribution in [2.24, 2.45) is 94.7 Å². The summed E-state index contributed by atoms with van der Waals surface area (Å²) in [5.41, 5.74) is 3.61. The third-order valence-corrected chi connectivity index (χ3v) is 27.3. The Morgan fingerprint density at radius 3 is 0.557 bits per heavy atom. The molecule has 0 aromatic rings. The molecule has 2 N–H and O–H groups in total. The summed E-state index contributed by atoms with van der Waals surface area (Å²) in [5, 5.41) is 11.8. The van der Waals surface area contributed by atoms with Crippen LogP contribution in [0, 0.1) is 94.7 Å². The zero-order valence-electron chi connectivity index (χ0n) is 97.7. The van der Waals surface area contributed by atoms with Crippen molar-refractivity contribution < 1.29 is 81.8 Å². The molecule has 0 spiro atoms. The van der Waals surface area contributed by atoms with Gasteiger partial charge in [-0.25, -0.2) is 0 Å². The molecule has 8 fully saturated rings. The third kappa shape index (κ3) is 40.5. The number of carbonyl (C=O) groups is 16. The van der Waals surface area contributed by atoms with Gasteiger partial charge in [0.2, 0.25) is 47.3 Å². The van der Waals surface area contributed by atoms with E-state index >= 15 is 0 Å². The molecule has 0 aliphatic carbocycles. The second-order valence-corrected chi connectivity index (χ2v) is 48.2. The van der Waals surface area contributed by atoms with Crippen LogP contribution in [0.15, 0.2) is 94.2 Å². The Labute approximate surface area is 914 Å². The lowest BCUT2D eigenvalue weighted by molar-refractivity contribution is -0.149. The Bertz CT molecular complexity index is 4350. The van der Waals surface area contributed by atoms with Crippen LogP contribution in [-0.2, 0) is 76.7 Å². The molecule has 8 heterocycles. The number of nitrogens with zero attached hydrogens (tertiary/aromatic N) is 15. The van der Waals surface area contributed by atoms with Crippen molar-refractivity contribution in [1.29, 1.82) is 0 Å². The molecule has 8 aliphatic rings. The molecule has 8 aliphatic heterocycles. The summed E-state index contributed by atoms with van der Waals surface area (Å²) < 4.78 is -1.52. The maximum absolute atomic E-state index is 12.4. The van der Waals surface area contributed by atoms with Gasteiger partial charge >= 0.3 is 0 Å². The molecular formula is C112H190Cl4N16O17. The van der Waals surface area contributed by atoms with E-state index in [0.717, 1.165) is 0 Å². The number of alkyl halides is 4. The summed E-state index contributed by atoms with van der Waals surface area (Å²) in [5.74, 6) is 3.03. The highest BCUT2D eigenvalue weighted by molar-refractivity contribution is 6.67. The third-order valence-electron chi connectivity index (χ3n) is 25.8. The molecular weight excluding hydrogens is 1980 g/mol. The fraction of sp³-hybridized carbons (Fsp3) is 0.714. The molecule has 7 unspecified atom stereocenters. The Kier molecular flexibility index (Phi) is 58.7. The number of amides is 16. The number of hydrogen-bond acceptors (Lipinski definition) is 17. The molecule has 8 saturated heterocycles. The number of likely N-dealkylation sites (N-methyl/N-ethyl adjacent to an activating group) is 15. The fourth-order valence-corrected chi connectivity index (χ4v) is 17.5. The molecule has 0 bridgehead atoms. The molecule has 16 amide bonds. The van der Waals surface area contributed by atoms with Crippen LogP contribution < -0.4 is 5.32 Å². The quantitative estimate of drug-likeness (QED) is 0.0600. The Morgan fingerprint density at radius 1 is 0.248 bits per heavy atom. The van der Waals surface area contributed by atoms with Gasteiger partial charge in [-0.3, -0.25) is 76.7 Å². The first-order valence-electron chi connectivity index (χ1n) is 52.3. The average Bonchev–Trinajstić information content (AvgIpc) is 0.882. The van der Waals surface area contributed by atoms with Gasteiger partial charge in [0.15, 0.2) is 3.79 Å². The molecule has 37 heteroatoms. The van der Waals surface area contributed by atoms with E-state index in [2.05, 4.69) is 74.6 Å². The van der Waals surface area contributed by atoms with Crippen LogP contribution >= 0.6 is 46.4 Å². The van der Waals surface area contributed by atoms with Crippen LogP contribution in [-0.4, -0.2) is 343 Å². The summed E-state index contributed by atoms with van der Waals surface area (Å²) in [4.78, 5) is 219. The second kappa shape index (κ2) is 62.7. The van der Waals surface area contributed by atoms with Crippen LogP contribution in [0.25, 0.3) is 0 Å². The number of hydrogen-bond donors (Lipinski definition) is 2. The van der Waals surface area contributed by atoms with Crippen molar-refractivity contribution in [3.63, 3.8) is 0 Å². The Balaban J connectivity index is 0.00000168. The number of carbonyl (C=O) groups excluding carboxylic acids is 16. The van der Waals surface area contributed by atoms with Crippen molar-refractivity contribution in [2.75, 3.05) is 118 Å². The standard InChI is InChI=1S/C14H23ClN2O2.C14H24N2O3.5C14H24N2O2.C13H19Cl3N2O2.CH4/c1-9(2)6-11-13(18)17(5)12(7-10(3)8-15)14(19)16(11)4;1-9(2)6-11-13(18)16(5)12(7-10(3)8-17)14(19)15(11)4;5*1-9(2)7-11-13(17)16(6)12(8-10(3)4)14(18)15(11)5;1-7(2)5-9-12(20)18(4)10(11(19)17-9)6-8(3)13(14,15)16;/h6,9-10,12H,7-8H2,1-5H3;6,9-10,12,17H,7-8H2,1-5H3;5*7,9-10,12H,8H2,1-6H3;6-9H,5H2,1-4H3,(H,17,19);1H4/b2*11-6+;11-7+;4*11-7-;10-6+;/t10-,12-;10-,12?;;;;;;8-,9?;/m01.....0./s1. The number of rotatable bonds is 26. The van der Waals surface area contributed by atoms with E-state index in [4.69, 9.17) is 51.5 Å². The molecule has 0 radical (unpaired) electrons. The summed E-state index contributed by atoms with van der Waals surface area (Å²) in [6, 6.07) is -3.02. The molecule has 8 rings (SSSR count). The highest BCUT2D eigenvalue weighted by atomic mass is 35.6. The maximum Gasteiger partial charge on any atom is 0.270 e. The van der Waals surface area contributed by atoms with Crippen LogP contribution in [0.5, 0.6) is 0 Å². The van der Waals surface area contributed by atoms with E-state index < -0.39 is 27.8 Å². The van der Waals surface area contributed by atoms with Crippen LogP contribution in [0.2, 0.25) is 0 Å². The van der Waals surface area contributed by atoms with Crippen molar-refractivity contribution in [2.45, 2.75) is 312 Å². The number of piperazine rings is 8. The van der Waals surface area contributed by atoms with E-state index in [9.17, 15) is 76.7 Å². The number of halogens is 4. The molecule has 11 atom stereocenters. The normalized spacial score (nSPS) is 23.9. The minimum atomic E-state index is -1.52. The number of aliphatic hydroxyl groups is 1.